The van der Waals surface area contributed by atoms with E-state index in [4.69, 9.17) is 4.74 Å². The van der Waals surface area contributed by atoms with E-state index in [2.05, 4.69) is 26.1 Å². The third-order valence-corrected chi connectivity index (χ3v) is 3.45. The number of rotatable bonds is 7. The zero-order chi connectivity index (χ0) is 15.1. The monoisotopic (exact) mass is 279 g/mol. The molecule has 0 aliphatic rings. The molecule has 1 atom stereocenters. The molecule has 0 saturated carbocycles. The van der Waals surface area contributed by atoms with Crippen molar-refractivity contribution in [2.24, 2.45) is 11.8 Å². The molecule has 0 spiro atoms. The van der Waals surface area contributed by atoms with Gasteiger partial charge in [0.15, 0.2) is 11.5 Å². The van der Waals surface area contributed by atoms with Crippen LogP contribution in [0.3, 0.4) is 0 Å². The highest BCUT2D eigenvalue weighted by Gasteiger charge is 2.20. The number of nitrogens with one attached hydrogen (secondary N) is 1. The van der Waals surface area contributed by atoms with E-state index < -0.39 is 0 Å². The lowest BCUT2D eigenvalue weighted by molar-refractivity contribution is -0.126. The second-order valence-corrected chi connectivity index (χ2v) is 5.36. The molecule has 0 bridgehead atoms. The molecular formula is C16H25NO3. The predicted molar refractivity (Wildman–Crippen MR) is 79.7 cm³/mol. The first kappa shape index (κ1) is 16.3. The molecule has 0 aliphatic heterocycles. The molecule has 0 aliphatic carbocycles. The summed E-state index contributed by atoms with van der Waals surface area (Å²) in [5, 5.41) is 12.5. The number of ether oxygens (including phenoxy) is 1. The fourth-order valence-electron chi connectivity index (χ4n) is 2.23. The molecule has 1 amide bonds. The van der Waals surface area contributed by atoms with Crippen molar-refractivity contribution in [3.8, 4) is 11.5 Å². The molecule has 20 heavy (non-hydrogen) atoms. The van der Waals surface area contributed by atoms with Crippen LogP contribution in [0.25, 0.3) is 0 Å². The van der Waals surface area contributed by atoms with Gasteiger partial charge in [-0.3, -0.25) is 4.79 Å². The van der Waals surface area contributed by atoms with Crippen molar-refractivity contribution in [1.29, 1.82) is 0 Å². The number of hydrogen-bond donors (Lipinski definition) is 2. The highest BCUT2D eigenvalue weighted by Crippen LogP contribution is 2.26. The minimum Gasteiger partial charge on any atom is -0.504 e. The van der Waals surface area contributed by atoms with Crippen LogP contribution in [-0.4, -0.2) is 18.1 Å². The molecule has 0 saturated heterocycles. The Balaban J connectivity index is 2.64. The average molecular weight is 279 g/mol. The van der Waals surface area contributed by atoms with Crippen molar-refractivity contribution in [3.05, 3.63) is 23.8 Å². The molecule has 112 valence electrons. The topological polar surface area (TPSA) is 58.6 Å². The number of carbonyl (C=O) groups excluding carboxylic acids is 1. The normalized spacial score (nSPS) is 12.2. The Morgan fingerprint density at radius 1 is 1.40 bits per heavy atom. The van der Waals surface area contributed by atoms with E-state index in [-0.39, 0.29) is 17.6 Å². The zero-order valence-electron chi connectivity index (χ0n) is 12.8. The molecule has 2 N–H and O–H groups in total. The number of aromatic hydroxyl groups is 1. The summed E-state index contributed by atoms with van der Waals surface area (Å²) in [7, 11) is 1.51. The van der Waals surface area contributed by atoms with Gasteiger partial charge in [-0.25, -0.2) is 0 Å². The number of phenolic OH excluding ortho intramolecular Hbond substituents is 1. The van der Waals surface area contributed by atoms with Gasteiger partial charge in [-0.1, -0.05) is 33.3 Å². The van der Waals surface area contributed by atoms with Gasteiger partial charge < -0.3 is 15.2 Å². The molecule has 1 aromatic rings. The Kier molecular flexibility index (Phi) is 6.36. The first-order chi connectivity index (χ1) is 9.49. The van der Waals surface area contributed by atoms with Crippen LogP contribution in [0.5, 0.6) is 11.5 Å². The van der Waals surface area contributed by atoms with E-state index in [1.54, 1.807) is 18.2 Å². The molecule has 0 fully saturated rings. The Morgan fingerprint density at radius 3 is 2.65 bits per heavy atom. The van der Waals surface area contributed by atoms with Crippen LogP contribution in [0.2, 0.25) is 0 Å². The molecule has 0 aromatic heterocycles. The van der Waals surface area contributed by atoms with Gasteiger partial charge in [0.1, 0.15) is 0 Å². The molecule has 1 aromatic carbocycles. The summed E-state index contributed by atoms with van der Waals surface area (Å²) >= 11 is 0. The quantitative estimate of drug-likeness (QED) is 0.806. The lowest BCUT2D eigenvalue weighted by Gasteiger charge is -2.19. The van der Waals surface area contributed by atoms with Crippen molar-refractivity contribution >= 4 is 5.91 Å². The van der Waals surface area contributed by atoms with E-state index >= 15 is 0 Å². The van der Waals surface area contributed by atoms with Gasteiger partial charge in [0.05, 0.1) is 7.11 Å². The summed E-state index contributed by atoms with van der Waals surface area (Å²) in [4.78, 5) is 12.2. The molecule has 0 heterocycles. The van der Waals surface area contributed by atoms with Crippen LogP contribution in [0.1, 0.15) is 39.2 Å². The lowest BCUT2D eigenvalue weighted by Crippen LogP contribution is -2.33. The minimum absolute atomic E-state index is 0.0546. The summed E-state index contributed by atoms with van der Waals surface area (Å²) in [5.74, 6) is 1.01. The number of amides is 1. The maximum atomic E-state index is 12.2. The maximum absolute atomic E-state index is 12.2. The van der Waals surface area contributed by atoms with Crippen LogP contribution in [0.4, 0.5) is 0 Å². The number of carbonyl (C=O) groups is 1. The van der Waals surface area contributed by atoms with Crippen LogP contribution in [-0.2, 0) is 11.3 Å². The minimum atomic E-state index is 0.0546. The Bertz CT molecular complexity index is 443. The van der Waals surface area contributed by atoms with Gasteiger partial charge >= 0.3 is 0 Å². The lowest BCUT2D eigenvalue weighted by atomic mass is 9.90. The third kappa shape index (κ3) is 4.44. The maximum Gasteiger partial charge on any atom is 0.223 e. The third-order valence-electron chi connectivity index (χ3n) is 3.45. The van der Waals surface area contributed by atoms with E-state index in [1.165, 1.54) is 7.11 Å². The van der Waals surface area contributed by atoms with Crippen molar-refractivity contribution < 1.29 is 14.6 Å². The van der Waals surface area contributed by atoms with Crippen LogP contribution >= 0.6 is 0 Å². The van der Waals surface area contributed by atoms with Crippen LogP contribution in [0.15, 0.2) is 18.2 Å². The molecule has 4 nitrogen and oxygen atoms in total. The van der Waals surface area contributed by atoms with Crippen LogP contribution in [0, 0.1) is 11.8 Å². The Labute approximate surface area is 121 Å². The van der Waals surface area contributed by atoms with Crippen molar-refractivity contribution in [1.82, 2.24) is 5.32 Å². The molecule has 1 rings (SSSR count). The summed E-state index contributed by atoms with van der Waals surface area (Å²) in [5.41, 5.74) is 0.909. The van der Waals surface area contributed by atoms with E-state index in [0.717, 1.165) is 18.4 Å². The Morgan fingerprint density at radius 2 is 2.10 bits per heavy atom. The van der Waals surface area contributed by atoms with E-state index in [1.807, 2.05) is 0 Å². The van der Waals surface area contributed by atoms with E-state index in [9.17, 15) is 9.90 Å². The highest BCUT2D eigenvalue weighted by atomic mass is 16.5. The largest absolute Gasteiger partial charge is 0.504 e. The molecular weight excluding hydrogens is 254 g/mol. The van der Waals surface area contributed by atoms with Gasteiger partial charge in [0.2, 0.25) is 5.91 Å². The summed E-state index contributed by atoms with van der Waals surface area (Å²) in [6.45, 7) is 6.68. The first-order valence-electron chi connectivity index (χ1n) is 7.13. The fraction of sp³-hybridized carbons (Fsp3) is 0.562. The van der Waals surface area contributed by atoms with Gasteiger partial charge in [-0.2, -0.15) is 0 Å². The van der Waals surface area contributed by atoms with Gasteiger partial charge in [0.25, 0.3) is 0 Å². The van der Waals surface area contributed by atoms with Crippen molar-refractivity contribution in [2.75, 3.05) is 7.11 Å². The molecule has 0 radical (unpaired) electrons. The second-order valence-electron chi connectivity index (χ2n) is 5.36. The summed E-state index contributed by atoms with van der Waals surface area (Å²) in [6, 6.07) is 5.09. The fourth-order valence-corrected chi connectivity index (χ4v) is 2.23. The smallest absolute Gasteiger partial charge is 0.223 e. The molecule has 4 heteroatoms. The van der Waals surface area contributed by atoms with Gasteiger partial charge in [0, 0.05) is 12.5 Å². The standard InChI is InChI=1S/C16H25NO3/c1-5-6-13(11(2)3)16(19)17-10-12-7-8-14(18)15(9-12)20-4/h7-9,11,13,18H,5-6,10H2,1-4H3,(H,17,19). The number of methoxy groups -OCH3 is 1. The van der Waals surface area contributed by atoms with Crippen LogP contribution < -0.4 is 10.1 Å². The highest BCUT2D eigenvalue weighted by molar-refractivity contribution is 5.78. The van der Waals surface area contributed by atoms with Crippen molar-refractivity contribution in [2.45, 2.75) is 40.2 Å². The molecule has 1 unspecified atom stereocenters. The second kappa shape index (κ2) is 7.78. The Hall–Kier alpha value is -1.71. The van der Waals surface area contributed by atoms with Crippen molar-refractivity contribution in [3.63, 3.8) is 0 Å². The predicted octanol–water partition coefficient (Wildman–Crippen LogP) is 3.09. The first-order valence-corrected chi connectivity index (χ1v) is 7.13. The number of benzene rings is 1. The zero-order valence-corrected chi connectivity index (χ0v) is 12.8. The number of hydrogen-bond acceptors (Lipinski definition) is 3. The number of phenols is 1. The summed E-state index contributed by atoms with van der Waals surface area (Å²) < 4.78 is 5.05. The van der Waals surface area contributed by atoms with Gasteiger partial charge in [-0.15, -0.1) is 0 Å². The summed E-state index contributed by atoms with van der Waals surface area (Å²) in [6.07, 6.45) is 1.91. The SMILES string of the molecule is CCCC(C(=O)NCc1ccc(O)c(OC)c1)C(C)C. The van der Waals surface area contributed by atoms with E-state index in [0.29, 0.717) is 18.2 Å². The van der Waals surface area contributed by atoms with Gasteiger partial charge in [-0.05, 0) is 30.0 Å². The average Bonchev–Trinajstić information content (AvgIpc) is 2.43.